The van der Waals surface area contributed by atoms with Crippen molar-refractivity contribution < 1.29 is 8.42 Å². The molecule has 0 spiro atoms. The normalized spacial score (nSPS) is 11.4. The van der Waals surface area contributed by atoms with Crippen molar-refractivity contribution in [1.82, 2.24) is 14.7 Å². The van der Waals surface area contributed by atoms with Gasteiger partial charge in [-0.05, 0) is 14.0 Å². The van der Waals surface area contributed by atoms with Gasteiger partial charge in [-0.25, -0.2) is 23.1 Å². The fourth-order valence-electron chi connectivity index (χ4n) is 1.04. The van der Waals surface area contributed by atoms with E-state index in [0.29, 0.717) is 16.8 Å². The van der Waals surface area contributed by atoms with Gasteiger partial charge in [-0.2, -0.15) is 0 Å². The van der Waals surface area contributed by atoms with Crippen LogP contribution in [-0.2, 0) is 10.0 Å². The van der Waals surface area contributed by atoms with Crippen molar-refractivity contribution in [2.75, 3.05) is 24.7 Å². The predicted octanol–water partition coefficient (Wildman–Crippen LogP) is 0.400. The van der Waals surface area contributed by atoms with Crippen molar-refractivity contribution in [2.24, 2.45) is 0 Å². The van der Waals surface area contributed by atoms with E-state index in [4.69, 9.17) is 11.6 Å². The van der Waals surface area contributed by atoms with Crippen molar-refractivity contribution in [2.45, 2.75) is 6.92 Å². The molecule has 0 amide bonds. The first-order chi connectivity index (χ1) is 7.43. The Morgan fingerprint density at radius 1 is 1.44 bits per heavy atom. The summed E-state index contributed by atoms with van der Waals surface area (Å²) in [5, 5.41) is 3.19. The Labute approximate surface area is 99.5 Å². The fraction of sp³-hybridized carbons (Fsp3) is 0.500. The second-order valence-corrected chi connectivity index (χ2v) is 5.51. The zero-order valence-electron chi connectivity index (χ0n) is 8.99. The van der Waals surface area contributed by atoms with E-state index in [9.17, 15) is 8.42 Å². The third kappa shape index (κ3) is 4.30. The number of aromatic nitrogens is 2. The van der Waals surface area contributed by atoms with Gasteiger partial charge in [-0.15, -0.1) is 0 Å². The molecule has 0 atom stereocenters. The van der Waals surface area contributed by atoms with Crippen LogP contribution in [0.4, 0.5) is 5.82 Å². The number of nitrogens with one attached hydrogen (secondary N) is 2. The summed E-state index contributed by atoms with van der Waals surface area (Å²) in [6.07, 6.45) is 0. The Morgan fingerprint density at radius 3 is 2.69 bits per heavy atom. The summed E-state index contributed by atoms with van der Waals surface area (Å²) < 4.78 is 24.5. The predicted molar refractivity (Wildman–Crippen MR) is 63.1 cm³/mol. The first kappa shape index (κ1) is 13.1. The summed E-state index contributed by atoms with van der Waals surface area (Å²) in [4.78, 5) is 7.95. The van der Waals surface area contributed by atoms with Gasteiger partial charge in [0.25, 0.3) is 0 Å². The number of aryl methyl sites for hydroxylation is 1. The fourth-order valence-corrected chi connectivity index (χ4v) is 1.84. The van der Waals surface area contributed by atoms with Gasteiger partial charge in [0.2, 0.25) is 10.0 Å². The molecule has 0 saturated heterocycles. The maximum absolute atomic E-state index is 11.1. The molecule has 0 aromatic carbocycles. The van der Waals surface area contributed by atoms with Gasteiger partial charge in [-0.3, -0.25) is 0 Å². The molecule has 0 aliphatic heterocycles. The molecular formula is C8H13ClN4O2S. The molecule has 1 heterocycles. The minimum Gasteiger partial charge on any atom is -0.369 e. The molecule has 0 aliphatic carbocycles. The van der Waals surface area contributed by atoms with Crippen LogP contribution < -0.4 is 10.0 Å². The summed E-state index contributed by atoms with van der Waals surface area (Å²) in [6.45, 7) is 1.97. The zero-order valence-corrected chi connectivity index (χ0v) is 10.6. The minimum absolute atomic E-state index is 0.0236. The van der Waals surface area contributed by atoms with Crippen LogP contribution in [0.5, 0.6) is 0 Å². The van der Waals surface area contributed by atoms with Crippen molar-refractivity contribution in [1.29, 1.82) is 0 Å². The number of hydrogen-bond donors (Lipinski definition) is 2. The van der Waals surface area contributed by atoms with Gasteiger partial charge in [0.15, 0.2) is 0 Å². The maximum Gasteiger partial charge on any atom is 0.213 e. The summed E-state index contributed by atoms with van der Waals surface area (Å²) in [6, 6.07) is 1.54. The van der Waals surface area contributed by atoms with Gasteiger partial charge in [0.1, 0.15) is 16.8 Å². The molecule has 0 aliphatic rings. The highest BCUT2D eigenvalue weighted by Gasteiger charge is 2.06. The van der Waals surface area contributed by atoms with Crippen LogP contribution in [-0.4, -0.2) is 37.7 Å². The smallest absolute Gasteiger partial charge is 0.213 e. The van der Waals surface area contributed by atoms with E-state index in [1.54, 1.807) is 13.0 Å². The summed E-state index contributed by atoms with van der Waals surface area (Å²) >= 11 is 5.72. The van der Waals surface area contributed by atoms with E-state index in [1.807, 2.05) is 0 Å². The van der Waals surface area contributed by atoms with Crippen molar-refractivity contribution in [3.63, 3.8) is 0 Å². The van der Waals surface area contributed by atoms with Gasteiger partial charge in [0.05, 0.1) is 5.75 Å². The van der Waals surface area contributed by atoms with E-state index in [0.717, 1.165) is 0 Å². The Balaban J connectivity index is 2.55. The molecular weight excluding hydrogens is 252 g/mol. The lowest BCUT2D eigenvalue weighted by molar-refractivity contribution is 0.588. The van der Waals surface area contributed by atoms with E-state index < -0.39 is 10.0 Å². The van der Waals surface area contributed by atoms with E-state index in [-0.39, 0.29) is 12.3 Å². The van der Waals surface area contributed by atoms with Crippen molar-refractivity contribution >= 4 is 27.4 Å². The summed E-state index contributed by atoms with van der Waals surface area (Å²) in [5.41, 5.74) is 0. The molecule has 16 heavy (non-hydrogen) atoms. The van der Waals surface area contributed by atoms with E-state index in [2.05, 4.69) is 20.0 Å². The number of anilines is 1. The second-order valence-electron chi connectivity index (χ2n) is 3.07. The Bertz CT molecular complexity index is 443. The third-order valence-electron chi connectivity index (χ3n) is 1.79. The topological polar surface area (TPSA) is 84.0 Å². The molecule has 0 radical (unpaired) electrons. The largest absolute Gasteiger partial charge is 0.369 e. The first-order valence-corrected chi connectivity index (χ1v) is 6.62. The Morgan fingerprint density at radius 2 is 2.12 bits per heavy atom. The van der Waals surface area contributed by atoms with Crippen LogP contribution >= 0.6 is 11.6 Å². The number of rotatable bonds is 5. The standard InChI is InChI=1S/C8H13ClN4O2S/c1-6-12-7(9)5-8(13-6)11-3-4-16(14,15)10-2/h5,10H,3-4H2,1-2H3,(H,11,12,13). The lowest BCUT2D eigenvalue weighted by Crippen LogP contribution is -2.26. The van der Waals surface area contributed by atoms with Crippen LogP contribution in [0.25, 0.3) is 0 Å². The highest BCUT2D eigenvalue weighted by atomic mass is 35.5. The average Bonchev–Trinajstić information content (AvgIpc) is 2.16. The average molecular weight is 265 g/mol. The first-order valence-electron chi connectivity index (χ1n) is 4.59. The molecule has 6 nitrogen and oxygen atoms in total. The van der Waals surface area contributed by atoms with Crippen molar-refractivity contribution in [3.05, 3.63) is 17.0 Å². The molecule has 0 unspecified atom stereocenters. The minimum atomic E-state index is -3.20. The second kappa shape index (κ2) is 5.42. The van der Waals surface area contributed by atoms with Crippen LogP contribution in [0, 0.1) is 6.92 Å². The molecule has 0 fully saturated rings. The number of nitrogens with zero attached hydrogens (tertiary/aromatic N) is 2. The van der Waals surface area contributed by atoms with Gasteiger partial charge >= 0.3 is 0 Å². The molecule has 2 N–H and O–H groups in total. The van der Waals surface area contributed by atoms with Crippen LogP contribution in [0.15, 0.2) is 6.07 Å². The molecule has 90 valence electrons. The SMILES string of the molecule is CNS(=O)(=O)CCNc1cc(Cl)nc(C)n1. The molecule has 0 bridgehead atoms. The number of sulfonamides is 1. The highest BCUT2D eigenvalue weighted by molar-refractivity contribution is 7.89. The van der Waals surface area contributed by atoms with Crippen LogP contribution in [0.3, 0.4) is 0 Å². The summed E-state index contributed by atoms with van der Waals surface area (Å²) in [7, 11) is -1.82. The van der Waals surface area contributed by atoms with Crippen LogP contribution in [0.2, 0.25) is 5.15 Å². The van der Waals surface area contributed by atoms with E-state index >= 15 is 0 Å². The monoisotopic (exact) mass is 264 g/mol. The van der Waals surface area contributed by atoms with Gasteiger partial charge < -0.3 is 5.32 Å². The molecule has 1 aromatic heterocycles. The van der Waals surface area contributed by atoms with Gasteiger partial charge in [0, 0.05) is 12.6 Å². The zero-order chi connectivity index (χ0) is 12.2. The van der Waals surface area contributed by atoms with Crippen molar-refractivity contribution in [3.8, 4) is 0 Å². The quantitative estimate of drug-likeness (QED) is 0.752. The molecule has 8 heteroatoms. The number of halogens is 1. The Kier molecular flexibility index (Phi) is 4.45. The number of hydrogen-bond acceptors (Lipinski definition) is 5. The van der Waals surface area contributed by atoms with Gasteiger partial charge in [-0.1, -0.05) is 11.6 Å². The molecule has 1 rings (SSSR count). The third-order valence-corrected chi connectivity index (χ3v) is 3.35. The van der Waals surface area contributed by atoms with E-state index in [1.165, 1.54) is 7.05 Å². The van der Waals surface area contributed by atoms with Crippen LogP contribution in [0.1, 0.15) is 5.82 Å². The molecule has 1 aromatic rings. The highest BCUT2D eigenvalue weighted by Crippen LogP contribution is 2.10. The lowest BCUT2D eigenvalue weighted by atomic mass is 10.5. The maximum atomic E-state index is 11.1. The summed E-state index contributed by atoms with van der Waals surface area (Å²) in [5.74, 6) is 1.03. The molecule has 0 saturated carbocycles. The Hall–Kier alpha value is -0.920. The lowest BCUT2D eigenvalue weighted by Gasteiger charge is -2.06.